The molecule has 0 saturated heterocycles. The molecule has 0 aromatic carbocycles. The second-order valence-electron chi connectivity index (χ2n) is 9.70. The molecule has 0 aliphatic rings. The Labute approximate surface area is 226 Å². The maximum atomic E-state index is 11.9. The average Bonchev–Trinajstić information content (AvgIpc) is 2.80. The highest BCUT2D eigenvalue weighted by Crippen LogP contribution is 2.41. The molecule has 0 aliphatic carbocycles. The molecular weight excluding hydrogens is 489 g/mol. The second-order valence-corrected chi connectivity index (χ2v) is 12.6. The average molecular weight is 540 g/mol. The molecule has 0 aromatic heterocycles. The Morgan fingerprint density at radius 2 is 1.14 bits per heavy atom. The third-order valence-corrected chi connectivity index (χ3v) is 7.46. The SMILES string of the molecule is COP(O)(=S)OCNC(=O)CC/C(C)=C/CC/C(C)=C/CC/C=C(\C)CC/C=C(\C)CCC=C(C)C. The van der Waals surface area contributed by atoms with Crippen molar-refractivity contribution >= 4 is 24.4 Å². The third-order valence-electron chi connectivity index (χ3n) is 5.78. The Bertz CT molecular complexity index is 851. The molecule has 0 spiro atoms. The van der Waals surface area contributed by atoms with Crippen LogP contribution in [0.15, 0.2) is 58.2 Å². The zero-order chi connectivity index (χ0) is 27.4. The first-order valence-corrected chi connectivity index (χ1v) is 15.6. The summed E-state index contributed by atoms with van der Waals surface area (Å²) in [6.07, 6.45) is 21.5. The van der Waals surface area contributed by atoms with Crippen LogP contribution >= 0.6 is 6.72 Å². The quantitative estimate of drug-likeness (QED) is 0.0744. The van der Waals surface area contributed by atoms with E-state index in [1.54, 1.807) is 0 Å². The highest BCUT2D eigenvalue weighted by Gasteiger charge is 2.12. The number of hydrogen-bond acceptors (Lipinski definition) is 4. The number of amides is 1. The van der Waals surface area contributed by atoms with Crippen LogP contribution in [-0.4, -0.2) is 24.6 Å². The van der Waals surface area contributed by atoms with Crippen LogP contribution in [0.1, 0.15) is 106 Å². The van der Waals surface area contributed by atoms with E-state index in [0.29, 0.717) is 12.8 Å². The van der Waals surface area contributed by atoms with Gasteiger partial charge in [-0.3, -0.25) is 9.32 Å². The summed E-state index contributed by atoms with van der Waals surface area (Å²) in [4.78, 5) is 21.3. The molecule has 0 radical (unpaired) electrons. The molecule has 2 N–H and O–H groups in total. The topological polar surface area (TPSA) is 67.8 Å². The summed E-state index contributed by atoms with van der Waals surface area (Å²) in [5.41, 5.74) is 6.97. The van der Waals surface area contributed by atoms with E-state index in [9.17, 15) is 9.69 Å². The van der Waals surface area contributed by atoms with E-state index in [0.717, 1.165) is 51.4 Å². The van der Waals surface area contributed by atoms with Gasteiger partial charge < -0.3 is 14.7 Å². The van der Waals surface area contributed by atoms with E-state index >= 15 is 0 Å². The normalized spacial score (nSPS) is 15.0. The van der Waals surface area contributed by atoms with Crippen molar-refractivity contribution in [2.24, 2.45) is 0 Å². The van der Waals surface area contributed by atoms with Gasteiger partial charge in [-0.1, -0.05) is 58.2 Å². The molecule has 0 saturated carbocycles. The third kappa shape index (κ3) is 21.9. The largest absolute Gasteiger partial charge is 0.333 e. The molecule has 0 rings (SSSR count). The number of allylic oxidation sites excluding steroid dienone is 10. The molecule has 0 heterocycles. The number of carbonyl (C=O) groups is 1. The molecule has 7 heteroatoms. The zero-order valence-corrected chi connectivity index (χ0v) is 25.4. The predicted molar refractivity (Wildman–Crippen MR) is 158 cm³/mol. The van der Waals surface area contributed by atoms with Crippen LogP contribution in [0.25, 0.3) is 0 Å². The Hall–Kier alpha value is -1.30. The summed E-state index contributed by atoms with van der Waals surface area (Å²) >= 11 is 4.71. The second kappa shape index (κ2) is 20.7. The minimum atomic E-state index is -3.23. The smallest absolute Gasteiger partial charge is 0.325 e. The summed E-state index contributed by atoms with van der Waals surface area (Å²) < 4.78 is 9.59. The summed E-state index contributed by atoms with van der Waals surface area (Å²) in [7, 11) is 1.28. The van der Waals surface area contributed by atoms with Crippen LogP contribution in [-0.2, 0) is 25.6 Å². The van der Waals surface area contributed by atoms with Crippen LogP contribution in [0.3, 0.4) is 0 Å². The van der Waals surface area contributed by atoms with E-state index in [4.69, 9.17) is 16.3 Å². The van der Waals surface area contributed by atoms with Crippen LogP contribution in [0.4, 0.5) is 0 Å². The first-order valence-electron chi connectivity index (χ1n) is 13.0. The maximum Gasteiger partial charge on any atom is 0.325 e. The summed E-state index contributed by atoms with van der Waals surface area (Å²) in [6.45, 7) is 9.67. The van der Waals surface area contributed by atoms with Gasteiger partial charge in [0.25, 0.3) is 0 Å². The van der Waals surface area contributed by atoms with Crippen molar-refractivity contribution in [2.75, 3.05) is 13.8 Å². The van der Waals surface area contributed by atoms with Crippen LogP contribution in [0, 0.1) is 0 Å². The van der Waals surface area contributed by atoms with Crippen molar-refractivity contribution < 1.29 is 18.7 Å². The van der Waals surface area contributed by atoms with Crippen LogP contribution < -0.4 is 5.32 Å². The fraction of sp³-hybridized carbons (Fsp3) is 0.621. The molecule has 1 amide bonds. The first-order chi connectivity index (χ1) is 16.9. The van der Waals surface area contributed by atoms with Crippen molar-refractivity contribution in [3.63, 3.8) is 0 Å². The Morgan fingerprint density at radius 3 is 1.58 bits per heavy atom. The van der Waals surface area contributed by atoms with E-state index < -0.39 is 6.72 Å². The molecule has 36 heavy (non-hydrogen) atoms. The van der Waals surface area contributed by atoms with Crippen LogP contribution in [0.5, 0.6) is 0 Å². The van der Waals surface area contributed by atoms with Gasteiger partial charge in [-0.25, -0.2) is 0 Å². The molecule has 0 fully saturated rings. The van der Waals surface area contributed by atoms with Gasteiger partial charge in [0, 0.05) is 13.5 Å². The number of unbranched alkanes of at least 4 members (excludes halogenated alkanes) is 1. The number of nitrogens with one attached hydrogen (secondary N) is 1. The van der Waals surface area contributed by atoms with E-state index in [1.165, 1.54) is 35.0 Å². The van der Waals surface area contributed by atoms with Crippen LogP contribution in [0.2, 0.25) is 0 Å². The van der Waals surface area contributed by atoms with E-state index in [-0.39, 0.29) is 12.6 Å². The van der Waals surface area contributed by atoms with Crippen molar-refractivity contribution in [2.45, 2.75) is 106 Å². The van der Waals surface area contributed by atoms with Crippen molar-refractivity contribution in [3.05, 3.63) is 58.2 Å². The monoisotopic (exact) mass is 539 g/mol. The summed E-state index contributed by atoms with van der Waals surface area (Å²) in [5.74, 6) is -0.140. The van der Waals surface area contributed by atoms with Crippen molar-refractivity contribution in [1.82, 2.24) is 5.32 Å². The van der Waals surface area contributed by atoms with Gasteiger partial charge in [0.1, 0.15) is 6.73 Å². The maximum absolute atomic E-state index is 11.9. The standard InChI is InChI=1S/C29H50NO4PS/c1-24(2)13-10-16-27(5)19-11-17-25(3)14-8-9-15-26(4)18-12-20-28(6)21-22-29(31)30-23-34-35(32,36)33-7/h13-15,19-20H,8-12,16-18,21-23H2,1-7H3,(H,30,31)(H,32,36)/b25-14+,26-15+,27-19+,28-20+. The van der Waals surface area contributed by atoms with Gasteiger partial charge in [0.2, 0.25) is 5.91 Å². The van der Waals surface area contributed by atoms with Gasteiger partial charge in [0.05, 0.1) is 0 Å². The van der Waals surface area contributed by atoms with E-state index in [1.807, 2.05) is 0 Å². The lowest BCUT2D eigenvalue weighted by Crippen LogP contribution is -2.25. The van der Waals surface area contributed by atoms with E-state index in [2.05, 4.69) is 81.8 Å². The molecule has 0 bridgehead atoms. The molecule has 5 nitrogen and oxygen atoms in total. The molecular formula is C29H50NO4PS. The lowest BCUT2D eigenvalue weighted by Gasteiger charge is -2.13. The number of rotatable bonds is 19. The Kier molecular flexibility index (Phi) is 20.0. The van der Waals surface area contributed by atoms with Gasteiger partial charge >= 0.3 is 6.72 Å². The highest BCUT2D eigenvalue weighted by atomic mass is 32.5. The number of hydrogen-bond donors (Lipinski definition) is 2. The number of carbonyl (C=O) groups excluding carboxylic acids is 1. The zero-order valence-electron chi connectivity index (χ0n) is 23.7. The summed E-state index contributed by atoms with van der Waals surface area (Å²) in [5, 5.41) is 2.58. The molecule has 0 aromatic rings. The first kappa shape index (κ1) is 34.7. The fourth-order valence-electron chi connectivity index (χ4n) is 3.39. The minimum absolute atomic E-state index is 0.140. The Balaban J connectivity index is 4.09. The van der Waals surface area contributed by atoms with Gasteiger partial charge in [0.15, 0.2) is 0 Å². The van der Waals surface area contributed by atoms with Gasteiger partial charge in [-0.15, -0.1) is 0 Å². The highest BCUT2D eigenvalue weighted by molar-refractivity contribution is 8.07. The molecule has 0 aliphatic heterocycles. The molecule has 1 atom stereocenters. The van der Waals surface area contributed by atoms with Gasteiger partial charge in [-0.05, 0) is 111 Å². The van der Waals surface area contributed by atoms with Crippen molar-refractivity contribution in [1.29, 1.82) is 0 Å². The van der Waals surface area contributed by atoms with Crippen molar-refractivity contribution in [3.8, 4) is 0 Å². The molecule has 206 valence electrons. The van der Waals surface area contributed by atoms with Gasteiger partial charge in [-0.2, -0.15) is 0 Å². The lowest BCUT2D eigenvalue weighted by atomic mass is 10.0. The summed E-state index contributed by atoms with van der Waals surface area (Å²) in [6, 6.07) is 0. The lowest BCUT2D eigenvalue weighted by molar-refractivity contribution is -0.122. The molecule has 1 unspecified atom stereocenters. The minimum Gasteiger partial charge on any atom is -0.333 e. The Morgan fingerprint density at radius 1 is 0.722 bits per heavy atom. The predicted octanol–water partition coefficient (Wildman–Crippen LogP) is 8.59. The fourth-order valence-corrected chi connectivity index (χ4v) is 3.89.